The Labute approximate surface area is 118 Å². The molecule has 4 heteroatoms. The largest absolute Gasteiger partial charge is 0.458 e. The van der Waals surface area contributed by atoms with Crippen LogP contribution < -0.4 is 0 Å². The highest BCUT2D eigenvalue weighted by Crippen LogP contribution is 2.49. The fraction of sp³-hybridized carbons (Fsp3) is 0.562. The maximum Gasteiger partial charge on any atom is 0.303 e. The summed E-state index contributed by atoms with van der Waals surface area (Å²) < 4.78 is 5.34. The summed E-state index contributed by atoms with van der Waals surface area (Å²) in [7, 11) is 0. The number of allylic oxidation sites excluding steroid dienone is 3. The number of Topliss-reactive ketones (excluding diaryl/α,β-unsaturated/α-hetero) is 1. The zero-order valence-corrected chi connectivity index (χ0v) is 12.4. The number of ether oxygens (including phenoxy) is 1. The molecular weight excluding hydrogens is 256 g/mol. The first-order valence-electron chi connectivity index (χ1n) is 6.93. The second kappa shape index (κ2) is 5.00. The summed E-state index contributed by atoms with van der Waals surface area (Å²) in [5.74, 6) is -0.547. The van der Waals surface area contributed by atoms with Gasteiger partial charge in [-0.15, -0.1) is 0 Å². The van der Waals surface area contributed by atoms with E-state index in [9.17, 15) is 14.4 Å². The second-order valence-electron chi connectivity index (χ2n) is 5.94. The maximum atomic E-state index is 12.1. The molecule has 2 aliphatic rings. The molecule has 0 amide bonds. The molecule has 0 unspecified atom stereocenters. The van der Waals surface area contributed by atoms with E-state index in [0.29, 0.717) is 5.92 Å². The van der Waals surface area contributed by atoms with Crippen molar-refractivity contribution in [2.75, 3.05) is 0 Å². The molecule has 0 aromatic rings. The number of hydrogen-bond acceptors (Lipinski definition) is 4. The standard InChI is InChI=1S/C16H20O4/c1-9-5-6-15(20-11(3)18)13-7-14(19)12(10(2)17)8-16(9,13)4/h7-9,15H,5-6H2,1-4H3/t9-,15+,16+/m0/s1. The van der Waals surface area contributed by atoms with Gasteiger partial charge in [0.05, 0.1) is 5.57 Å². The first-order chi connectivity index (χ1) is 9.25. The first kappa shape index (κ1) is 14.7. The lowest BCUT2D eigenvalue weighted by molar-refractivity contribution is -0.146. The van der Waals surface area contributed by atoms with Crippen molar-refractivity contribution in [3.8, 4) is 0 Å². The lowest BCUT2D eigenvalue weighted by atomic mass is 9.61. The minimum Gasteiger partial charge on any atom is -0.458 e. The third kappa shape index (κ3) is 2.35. The fourth-order valence-corrected chi connectivity index (χ4v) is 3.15. The van der Waals surface area contributed by atoms with Crippen LogP contribution in [0.15, 0.2) is 23.3 Å². The number of carbonyl (C=O) groups is 3. The van der Waals surface area contributed by atoms with Crippen molar-refractivity contribution in [3.63, 3.8) is 0 Å². The normalized spacial score (nSPS) is 32.9. The molecule has 0 aromatic heterocycles. The molecule has 108 valence electrons. The Morgan fingerprint density at radius 3 is 2.50 bits per heavy atom. The van der Waals surface area contributed by atoms with E-state index in [-0.39, 0.29) is 29.2 Å². The molecule has 1 fully saturated rings. The van der Waals surface area contributed by atoms with E-state index in [1.807, 2.05) is 6.92 Å². The minimum atomic E-state index is -0.396. The van der Waals surface area contributed by atoms with Gasteiger partial charge >= 0.3 is 5.97 Å². The van der Waals surface area contributed by atoms with Crippen LogP contribution >= 0.6 is 0 Å². The molecule has 0 N–H and O–H groups in total. The number of ketones is 2. The van der Waals surface area contributed by atoms with Gasteiger partial charge in [-0.3, -0.25) is 14.4 Å². The molecule has 0 spiro atoms. The number of rotatable bonds is 2. The van der Waals surface area contributed by atoms with E-state index in [4.69, 9.17) is 4.74 Å². The van der Waals surface area contributed by atoms with Gasteiger partial charge in [0.25, 0.3) is 0 Å². The van der Waals surface area contributed by atoms with E-state index in [0.717, 1.165) is 18.4 Å². The van der Waals surface area contributed by atoms with Crippen molar-refractivity contribution in [1.82, 2.24) is 0 Å². The Morgan fingerprint density at radius 2 is 1.95 bits per heavy atom. The zero-order chi connectivity index (χ0) is 15.1. The SMILES string of the molecule is CC(=O)O[C@@H]1CC[C@H](C)[C@@]2(C)C=C(C(C)=O)C(=O)C=C12. The molecule has 0 aliphatic heterocycles. The molecule has 2 rings (SSSR count). The summed E-state index contributed by atoms with van der Waals surface area (Å²) in [5, 5.41) is 0. The molecule has 0 aromatic carbocycles. The topological polar surface area (TPSA) is 60.4 Å². The molecule has 0 radical (unpaired) electrons. The van der Waals surface area contributed by atoms with Crippen LogP contribution in [0.2, 0.25) is 0 Å². The molecule has 20 heavy (non-hydrogen) atoms. The Bertz CT molecular complexity index is 541. The van der Waals surface area contributed by atoms with Crippen LogP contribution in [0.1, 0.15) is 40.5 Å². The Hall–Kier alpha value is -1.71. The van der Waals surface area contributed by atoms with Gasteiger partial charge in [-0.2, -0.15) is 0 Å². The zero-order valence-electron chi connectivity index (χ0n) is 12.4. The monoisotopic (exact) mass is 276 g/mol. The lowest BCUT2D eigenvalue weighted by Gasteiger charge is -2.45. The van der Waals surface area contributed by atoms with Crippen molar-refractivity contribution in [1.29, 1.82) is 0 Å². The van der Waals surface area contributed by atoms with Crippen molar-refractivity contribution in [2.45, 2.75) is 46.6 Å². The van der Waals surface area contributed by atoms with Gasteiger partial charge in [0, 0.05) is 12.3 Å². The predicted molar refractivity (Wildman–Crippen MR) is 73.9 cm³/mol. The minimum absolute atomic E-state index is 0.215. The Morgan fingerprint density at radius 1 is 1.30 bits per heavy atom. The third-order valence-electron chi connectivity index (χ3n) is 4.54. The van der Waals surface area contributed by atoms with Gasteiger partial charge in [0.15, 0.2) is 11.6 Å². The molecule has 0 bridgehead atoms. The van der Waals surface area contributed by atoms with E-state index in [2.05, 4.69) is 6.92 Å². The van der Waals surface area contributed by atoms with Gasteiger partial charge in [-0.1, -0.05) is 19.9 Å². The summed E-state index contributed by atoms with van der Waals surface area (Å²) in [5.41, 5.74) is 0.667. The molecule has 1 saturated carbocycles. The van der Waals surface area contributed by atoms with Crippen molar-refractivity contribution in [3.05, 3.63) is 23.3 Å². The third-order valence-corrected chi connectivity index (χ3v) is 4.54. The Kier molecular flexibility index (Phi) is 3.67. The van der Waals surface area contributed by atoms with Gasteiger partial charge in [-0.05, 0) is 37.3 Å². The van der Waals surface area contributed by atoms with Crippen molar-refractivity contribution >= 4 is 17.5 Å². The number of hydrogen-bond donors (Lipinski definition) is 0. The number of carbonyl (C=O) groups excluding carboxylic acids is 3. The van der Waals surface area contributed by atoms with Crippen LogP contribution in [0.5, 0.6) is 0 Å². The van der Waals surface area contributed by atoms with Crippen LogP contribution in [0.25, 0.3) is 0 Å². The highest BCUT2D eigenvalue weighted by Gasteiger charge is 2.45. The van der Waals surface area contributed by atoms with Gasteiger partial charge in [0.2, 0.25) is 0 Å². The highest BCUT2D eigenvalue weighted by molar-refractivity contribution is 6.24. The molecule has 3 atom stereocenters. The summed E-state index contributed by atoms with van der Waals surface area (Å²) in [4.78, 5) is 34.9. The van der Waals surface area contributed by atoms with Crippen LogP contribution in [-0.2, 0) is 19.1 Å². The van der Waals surface area contributed by atoms with Gasteiger partial charge in [0.1, 0.15) is 6.10 Å². The summed E-state index contributed by atoms with van der Waals surface area (Å²) in [6.45, 7) is 6.89. The van der Waals surface area contributed by atoms with Crippen LogP contribution in [-0.4, -0.2) is 23.6 Å². The first-order valence-corrected chi connectivity index (χ1v) is 6.93. The van der Waals surface area contributed by atoms with Crippen molar-refractivity contribution < 1.29 is 19.1 Å². The van der Waals surface area contributed by atoms with Crippen molar-refractivity contribution in [2.24, 2.45) is 11.3 Å². The van der Waals surface area contributed by atoms with Gasteiger partial charge < -0.3 is 4.74 Å². The van der Waals surface area contributed by atoms with Crippen LogP contribution in [0.4, 0.5) is 0 Å². The quantitative estimate of drug-likeness (QED) is 0.574. The molecule has 2 aliphatic carbocycles. The summed E-state index contributed by atoms with van der Waals surface area (Å²) >= 11 is 0. The molecule has 0 heterocycles. The molecule has 4 nitrogen and oxygen atoms in total. The Balaban J connectivity index is 2.46. The van der Waals surface area contributed by atoms with E-state index in [1.54, 1.807) is 6.08 Å². The van der Waals surface area contributed by atoms with Crippen LogP contribution in [0, 0.1) is 11.3 Å². The van der Waals surface area contributed by atoms with E-state index < -0.39 is 5.41 Å². The average molecular weight is 276 g/mol. The second-order valence-corrected chi connectivity index (χ2v) is 5.94. The lowest BCUT2D eigenvalue weighted by Crippen LogP contribution is -2.42. The smallest absolute Gasteiger partial charge is 0.303 e. The van der Waals surface area contributed by atoms with Crippen LogP contribution in [0.3, 0.4) is 0 Å². The molecule has 0 saturated heterocycles. The summed E-state index contributed by atoms with van der Waals surface area (Å²) in [6.07, 6.45) is 4.52. The average Bonchev–Trinajstić information content (AvgIpc) is 2.34. The predicted octanol–water partition coefficient (Wildman–Crippen LogP) is 2.38. The summed E-state index contributed by atoms with van der Waals surface area (Å²) in [6, 6.07) is 0. The van der Waals surface area contributed by atoms with Gasteiger partial charge in [-0.25, -0.2) is 0 Å². The van der Waals surface area contributed by atoms with E-state index in [1.165, 1.54) is 19.9 Å². The number of esters is 1. The maximum absolute atomic E-state index is 12.1. The fourth-order valence-electron chi connectivity index (χ4n) is 3.15. The molecular formula is C16H20O4. The highest BCUT2D eigenvalue weighted by atomic mass is 16.5. The number of fused-ring (bicyclic) bond motifs is 1. The van der Waals surface area contributed by atoms with E-state index >= 15 is 0 Å².